The molecule has 0 unspecified atom stereocenters. The Hall–Kier alpha value is -3.20. The van der Waals surface area contributed by atoms with E-state index in [-0.39, 0.29) is 34.2 Å². The highest BCUT2D eigenvalue weighted by Crippen LogP contribution is 2.19. The van der Waals surface area contributed by atoms with Gasteiger partial charge in [0.25, 0.3) is 5.56 Å². The molecule has 1 aromatic carbocycles. The summed E-state index contributed by atoms with van der Waals surface area (Å²) in [5.41, 5.74) is 3.03. The Bertz CT molecular complexity index is 1220. The molecule has 0 aliphatic rings. The Morgan fingerprint density at radius 1 is 1.36 bits per heavy atom. The molecule has 0 atom stereocenters. The number of hydrazone groups is 1. The van der Waals surface area contributed by atoms with E-state index in [9.17, 15) is 14.0 Å². The number of nitrogens with zero attached hydrogens (tertiary/aromatic N) is 5. The summed E-state index contributed by atoms with van der Waals surface area (Å²) < 4.78 is 17.7. The van der Waals surface area contributed by atoms with E-state index in [1.165, 1.54) is 37.0 Å². The number of rotatable bonds is 5. The van der Waals surface area contributed by atoms with Crippen LogP contribution in [0.5, 0.6) is 0 Å². The Morgan fingerprint density at radius 2 is 2.07 bits per heavy atom. The summed E-state index contributed by atoms with van der Waals surface area (Å²) in [7, 11) is 2.92. The van der Waals surface area contributed by atoms with Crippen LogP contribution in [0, 0.1) is 5.82 Å². The van der Waals surface area contributed by atoms with Crippen molar-refractivity contribution in [2.75, 3.05) is 5.43 Å². The summed E-state index contributed by atoms with van der Waals surface area (Å²) in [5.74, 6) is -0.315. The number of fused-ring (bicyclic) bond motifs is 1. The Kier molecular flexibility index (Phi) is 5.19. The van der Waals surface area contributed by atoms with Crippen molar-refractivity contribution in [3.8, 4) is 0 Å². The smallest absolute Gasteiger partial charge is 0.299 e. The topological polar surface area (TPSA) is 86.2 Å². The number of anilines is 1. The summed E-state index contributed by atoms with van der Waals surface area (Å²) in [6, 6.07) is 4.30. The first-order valence-corrected chi connectivity index (χ1v) is 8.64. The predicted octanol–water partition coefficient (Wildman–Crippen LogP) is 2.25. The molecule has 0 aliphatic carbocycles. The predicted molar refractivity (Wildman–Crippen MR) is 108 cm³/mol. The number of aryl methyl sites for hydroxylation is 1. The van der Waals surface area contributed by atoms with E-state index in [1.807, 2.05) is 0 Å². The first-order valence-electron chi connectivity index (χ1n) is 8.26. The van der Waals surface area contributed by atoms with Gasteiger partial charge >= 0.3 is 5.69 Å². The number of hydrogen-bond donors (Lipinski definition) is 1. The molecule has 1 N–H and O–H groups in total. The Morgan fingerprint density at radius 3 is 2.71 bits per heavy atom. The molecule has 0 bridgehead atoms. The molecule has 3 aromatic rings. The molecule has 0 saturated heterocycles. The van der Waals surface area contributed by atoms with Crippen LogP contribution >= 0.6 is 11.6 Å². The van der Waals surface area contributed by atoms with E-state index in [4.69, 9.17) is 11.6 Å². The number of imidazole rings is 1. The zero-order valence-corrected chi connectivity index (χ0v) is 16.3. The highest BCUT2D eigenvalue weighted by atomic mass is 35.5. The largest absolute Gasteiger partial charge is 0.332 e. The molecule has 2 heterocycles. The van der Waals surface area contributed by atoms with E-state index in [0.717, 1.165) is 10.1 Å². The van der Waals surface area contributed by atoms with Crippen LogP contribution in [-0.2, 0) is 20.6 Å². The maximum atomic E-state index is 13.9. The lowest BCUT2D eigenvalue weighted by Crippen LogP contribution is -2.37. The first-order chi connectivity index (χ1) is 13.2. The van der Waals surface area contributed by atoms with E-state index in [1.54, 1.807) is 17.6 Å². The van der Waals surface area contributed by atoms with Crippen LogP contribution in [-0.4, -0.2) is 24.9 Å². The fraction of sp³-hybridized carbons (Fsp3) is 0.222. The van der Waals surface area contributed by atoms with Gasteiger partial charge in [0.15, 0.2) is 11.2 Å². The summed E-state index contributed by atoms with van der Waals surface area (Å²) >= 11 is 5.98. The van der Waals surface area contributed by atoms with E-state index >= 15 is 0 Å². The molecule has 0 saturated carbocycles. The van der Waals surface area contributed by atoms with Crippen LogP contribution in [0.25, 0.3) is 11.2 Å². The minimum atomic E-state index is -0.523. The van der Waals surface area contributed by atoms with Crippen LogP contribution < -0.4 is 16.7 Å². The summed E-state index contributed by atoms with van der Waals surface area (Å²) in [6.07, 6.45) is 1.22. The molecule has 3 rings (SSSR count). The van der Waals surface area contributed by atoms with Crippen molar-refractivity contribution in [3.05, 3.63) is 67.6 Å². The molecule has 0 amide bonds. The molecular weight excluding hydrogens is 387 g/mol. The maximum absolute atomic E-state index is 13.9. The molecular formula is C18H18ClFN6O2. The van der Waals surface area contributed by atoms with Crippen LogP contribution in [0.4, 0.5) is 10.3 Å². The second-order valence-corrected chi connectivity index (χ2v) is 6.77. The van der Waals surface area contributed by atoms with Gasteiger partial charge in [-0.2, -0.15) is 10.1 Å². The van der Waals surface area contributed by atoms with Crippen LogP contribution in [0.3, 0.4) is 0 Å². The van der Waals surface area contributed by atoms with Gasteiger partial charge in [-0.1, -0.05) is 29.8 Å². The molecule has 28 heavy (non-hydrogen) atoms. The molecule has 8 nitrogen and oxygen atoms in total. The minimum Gasteiger partial charge on any atom is -0.299 e. The Balaban J connectivity index is 2.13. The quantitative estimate of drug-likeness (QED) is 0.401. The summed E-state index contributed by atoms with van der Waals surface area (Å²) in [6.45, 7) is 5.94. The number of aromatic nitrogens is 4. The molecule has 2 aromatic heterocycles. The van der Waals surface area contributed by atoms with Crippen molar-refractivity contribution in [2.24, 2.45) is 19.2 Å². The second-order valence-electron chi connectivity index (χ2n) is 6.36. The molecule has 146 valence electrons. The van der Waals surface area contributed by atoms with Gasteiger partial charge in [-0.25, -0.2) is 14.6 Å². The van der Waals surface area contributed by atoms with Crippen molar-refractivity contribution in [3.63, 3.8) is 0 Å². The van der Waals surface area contributed by atoms with E-state index < -0.39 is 17.1 Å². The third-order valence-electron chi connectivity index (χ3n) is 4.13. The van der Waals surface area contributed by atoms with Crippen molar-refractivity contribution >= 4 is 34.9 Å². The lowest BCUT2D eigenvalue weighted by atomic mass is 10.2. The van der Waals surface area contributed by atoms with Gasteiger partial charge in [-0.05, 0) is 19.1 Å². The van der Waals surface area contributed by atoms with Gasteiger partial charge in [0.05, 0.1) is 11.2 Å². The number of nitrogens with one attached hydrogen (secondary N) is 1. The highest BCUT2D eigenvalue weighted by Gasteiger charge is 2.19. The minimum absolute atomic E-state index is 0.113. The van der Waals surface area contributed by atoms with Crippen molar-refractivity contribution in [1.29, 1.82) is 0 Å². The van der Waals surface area contributed by atoms with Gasteiger partial charge in [0.2, 0.25) is 5.95 Å². The molecule has 0 spiro atoms. The van der Waals surface area contributed by atoms with Crippen LogP contribution in [0.2, 0.25) is 5.02 Å². The van der Waals surface area contributed by atoms with Crippen molar-refractivity contribution < 1.29 is 4.39 Å². The van der Waals surface area contributed by atoms with Gasteiger partial charge in [0, 0.05) is 26.2 Å². The molecule has 0 fully saturated rings. The zero-order valence-electron chi connectivity index (χ0n) is 15.5. The third kappa shape index (κ3) is 3.36. The normalized spacial score (nSPS) is 11.5. The Labute approximate surface area is 164 Å². The fourth-order valence-corrected chi connectivity index (χ4v) is 2.96. The average molecular weight is 405 g/mol. The number of halogens is 2. The lowest BCUT2D eigenvalue weighted by Gasteiger charge is -2.08. The lowest BCUT2D eigenvalue weighted by molar-refractivity contribution is 0.626. The van der Waals surface area contributed by atoms with Crippen LogP contribution in [0.15, 0.2) is 45.0 Å². The SMILES string of the molecule is C=C(C)Cn1c(N/N=C\c2c(F)cccc2Cl)nc2c1c(=O)n(C)c(=O)n2C. The van der Waals surface area contributed by atoms with Gasteiger partial charge < -0.3 is 0 Å². The van der Waals surface area contributed by atoms with Gasteiger partial charge in [-0.15, -0.1) is 0 Å². The van der Waals surface area contributed by atoms with Gasteiger partial charge in [0.1, 0.15) is 5.82 Å². The molecule has 0 aliphatic heterocycles. The van der Waals surface area contributed by atoms with Crippen molar-refractivity contribution in [1.82, 2.24) is 18.7 Å². The van der Waals surface area contributed by atoms with Gasteiger partial charge in [-0.3, -0.25) is 18.5 Å². The van der Waals surface area contributed by atoms with E-state index in [0.29, 0.717) is 0 Å². The number of hydrogen-bond acceptors (Lipinski definition) is 5. The maximum Gasteiger partial charge on any atom is 0.332 e. The molecule has 0 radical (unpaired) electrons. The number of allylic oxidation sites excluding steroid dienone is 1. The van der Waals surface area contributed by atoms with E-state index in [2.05, 4.69) is 22.1 Å². The number of benzene rings is 1. The standard InChI is InChI=1S/C18H18ClFN6O2/c1-10(2)9-26-14-15(24(3)18(28)25(4)16(14)27)22-17(26)23-21-8-11-12(19)6-5-7-13(11)20/h5-8H,1,9H2,2-4H3,(H,22,23)/b21-8-. The highest BCUT2D eigenvalue weighted by molar-refractivity contribution is 6.33. The fourth-order valence-electron chi connectivity index (χ4n) is 2.74. The monoisotopic (exact) mass is 404 g/mol. The van der Waals surface area contributed by atoms with Crippen LogP contribution in [0.1, 0.15) is 12.5 Å². The molecule has 10 heteroatoms. The second kappa shape index (κ2) is 7.43. The van der Waals surface area contributed by atoms with Crippen molar-refractivity contribution in [2.45, 2.75) is 13.5 Å². The first kappa shape index (κ1) is 19.6. The summed E-state index contributed by atoms with van der Waals surface area (Å²) in [5, 5.41) is 4.20. The third-order valence-corrected chi connectivity index (χ3v) is 4.46. The summed E-state index contributed by atoms with van der Waals surface area (Å²) in [4.78, 5) is 29.1. The zero-order chi connectivity index (χ0) is 20.6. The average Bonchev–Trinajstić information content (AvgIpc) is 2.98.